The number of hydrogen-bond donors (Lipinski definition) is 0. The van der Waals surface area contributed by atoms with E-state index in [-0.39, 0.29) is 17.3 Å². The van der Waals surface area contributed by atoms with Crippen molar-refractivity contribution in [2.24, 2.45) is 5.92 Å². The SMILES string of the molecule is O=C(c1ccc(Cl)cc1)C1CCN(C(=O)c2cc(F)ccc2F)CC1. The first-order valence-electron chi connectivity index (χ1n) is 8.00. The van der Waals surface area contributed by atoms with Gasteiger partial charge in [0.15, 0.2) is 5.78 Å². The molecule has 6 heteroatoms. The van der Waals surface area contributed by atoms with Crippen LogP contribution in [0.4, 0.5) is 8.78 Å². The molecule has 1 fully saturated rings. The summed E-state index contributed by atoms with van der Waals surface area (Å²) < 4.78 is 27.0. The molecule has 1 saturated heterocycles. The molecule has 130 valence electrons. The van der Waals surface area contributed by atoms with Gasteiger partial charge in [0.1, 0.15) is 11.6 Å². The van der Waals surface area contributed by atoms with Crippen LogP contribution in [0.3, 0.4) is 0 Å². The lowest BCUT2D eigenvalue weighted by atomic mass is 9.88. The summed E-state index contributed by atoms with van der Waals surface area (Å²) in [6, 6.07) is 9.53. The van der Waals surface area contributed by atoms with Crippen molar-refractivity contribution in [3.8, 4) is 0 Å². The second kappa shape index (κ2) is 7.31. The zero-order chi connectivity index (χ0) is 18.0. The molecule has 0 bridgehead atoms. The maximum Gasteiger partial charge on any atom is 0.256 e. The predicted molar refractivity (Wildman–Crippen MR) is 90.8 cm³/mol. The van der Waals surface area contributed by atoms with Crippen molar-refractivity contribution in [1.29, 1.82) is 0 Å². The van der Waals surface area contributed by atoms with E-state index >= 15 is 0 Å². The lowest BCUT2D eigenvalue weighted by Gasteiger charge is -2.31. The molecule has 25 heavy (non-hydrogen) atoms. The van der Waals surface area contributed by atoms with Crippen LogP contribution >= 0.6 is 11.6 Å². The Bertz CT molecular complexity index is 800. The number of ketones is 1. The van der Waals surface area contributed by atoms with E-state index in [9.17, 15) is 18.4 Å². The molecular formula is C19H16ClF2NO2. The van der Waals surface area contributed by atoms with Crippen LogP contribution in [0.25, 0.3) is 0 Å². The number of nitrogens with zero attached hydrogens (tertiary/aromatic N) is 1. The summed E-state index contributed by atoms with van der Waals surface area (Å²) in [6.07, 6.45) is 0.980. The Labute approximate surface area is 149 Å². The topological polar surface area (TPSA) is 37.4 Å². The minimum absolute atomic E-state index is 0.0145. The minimum Gasteiger partial charge on any atom is -0.339 e. The number of carbonyl (C=O) groups excluding carboxylic acids is 2. The Hall–Kier alpha value is -2.27. The van der Waals surface area contributed by atoms with Gasteiger partial charge < -0.3 is 4.90 Å². The Morgan fingerprint density at radius 3 is 2.28 bits per heavy atom. The van der Waals surface area contributed by atoms with Crippen LogP contribution in [0.5, 0.6) is 0 Å². The highest BCUT2D eigenvalue weighted by molar-refractivity contribution is 6.30. The molecule has 0 radical (unpaired) electrons. The quantitative estimate of drug-likeness (QED) is 0.760. The first-order chi connectivity index (χ1) is 12.0. The number of Topliss-reactive ketones (excluding diaryl/α,β-unsaturated/α-hetero) is 1. The number of likely N-dealkylation sites (tertiary alicyclic amines) is 1. The van der Waals surface area contributed by atoms with E-state index in [2.05, 4.69) is 0 Å². The van der Waals surface area contributed by atoms with Crippen LogP contribution in [-0.4, -0.2) is 29.7 Å². The van der Waals surface area contributed by atoms with E-state index in [0.29, 0.717) is 36.5 Å². The molecule has 3 nitrogen and oxygen atoms in total. The van der Waals surface area contributed by atoms with Crippen molar-refractivity contribution in [3.05, 3.63) is 70.2 Å². The summed E-state index contributed by atoms with van der Waals surface area (Å²) in [4.78, 5) is 26.3. The van der Waals surface area contributed by atoms with Crippen molar-refractivity contribution < 1.29 is 18.4 Å². The molecule has 3 rings (SSSR count). The van der Waals surface area contributed by atoms with Crippen molar-refractivity contribution in [3.63, 3.8) is 0 Å². The fourth-order valence-electron chi connectivity index (χ4n) is 3.03. The van der Waals surface area contributed by atoms with Crippen LogP contribution in [0.15, 0.2) is 42.5 Å². The normalized spacial score (nSPS) is 15.2. The van der Waals surface area contributed by atoms with Crippen molar-refractivity contribution in [2.75, 3.05) is 13.1 Å². The van der Waals surface area contributed by atoms with Crippen molar-refractivity contribution in [2.45, 2.75) is 12.8 Å². The molecule has 0 unspecified atom stereocenters. The molecule has 2 aromatic rings. The highest BCUT2D eigenvalue weighted by atomic mass is 35.5. The minimum atomic E-state index is -0.745. The molecule has 1 heterocycles. The second-order valence-corrected chi connectivity index (χ2v) is 6.50. The summed E-state index contributed by atoms with van der Waals surface area (Å²) in [7, 11) is 0. The standard InChI is InChI=1S/C19H16ClF2NO2/c20-14-3-1-12(2-4-14)18(24)13-7-9-23(10-8-13)19(25)16-11-15(21)5-6-17(16)22/h1-6,11,13H,7-10H2. The van der Waals surface area contributed by atoms with E-state index in [1.54, 1.807) is 24.3 Å². The zero-order valence-electron chi connectivity index (χ0n) is 13.3. The molecule has 0 aromatic heterocycles. The number of amides is 1. The smallest absolute Gasteiger partial charge is 0.256 e. The largest absolute Gasteiger partial charge is 0.339 e. The number of halogens is 3. The summed E-state index contributed by atoms with van der Waals surface area (Å²) in [5.74, 6) is -2.12. The lowest BCUT2D eigenvalue weighted by Crippen LogP contribution is -2.40. The van der Waals surface area contributed by atoms with Gasteiger partial charge in [-0.1, -0.05) is 11.6 Å². The van der Waals surface area contributed by atoms with Gasteiger partial charge in [-0.05, 0) is 55.3 Å². The number of carbonyl (C=O) groups is 2. The summed E-state index contributed by atoms with van der Waals surface area (Å²) in [5, 5.41) is 0.564. The fourth-order valence-corrected chi connectivity index (χ4v) is 3.15. The van der Waals surface area contributed by atoms with Crippen LogP contribution in [0.2, 0.25) is 5.02 Å². The van der Waals surface area contributed by atoms with Gasteiger partial charge in [0.25, 0.3) is 5.91 Å². The predicted octanol–water partition coefficient (Wildman–Crippen LogP) is 4.35. The average molecular weight is 364 g/mol. The van der Waals surface area contributed by atoms with Gasteiger partial charge in [-0.3, -0.25) is 9.59 Å². The number of piperidine rings is 1. The molecule has 0 N–H and O–H groups in total. The van der Waals surface area contributed by atoms with Crippen molar-refractivity contribution >= 4 is 23.3 Å². The third kappa shape index (κ3) is 3.87. The molecular weight excluding hydrogens is 348 g/mol. The molecule has 1 aliphatic rings. The molecule has 1 amide bonds. The van der Waals surface area contributed by atoms with E-state index < -0.39 is 17.5 Å². The number of benzene rings is 2. The van der Waals surface area contributed by atoms with Crippen LogP contribution < -0.4 is 0 Å². The highest BCUT2D eigenvalue weighted by Gasteiger charge is 2.29. The first kappa shape index (κ1) is 17.5. The maximum atomic E-state index is 13.8. The van der Waals surface area contributed by atoms with E-state index in [0.717, 1.165) is 18.2 Å². The summed E-state index contributed by atoms with van der Waals surface area (Å²) in [6.45, 7) is 0.664. The van der Waals surface area contributed by atoms with E-state index in [4.69, 9.17) is 11.6 Å². The Kier molecular flexibility index (Phi) is 5.13. The molecule has 2 aromatic carbocycles. The molecule has 0 saturated carbocycles. The third-order valence-electron chi connectivity index (χ3n) is 4.44. The third-order valence-corrected chi connectivity index (χ3v) is 4.69. The van der Waals surface area contributed by atoms with E-state index in [1.807, 2.05) is 0 Å². The molecule has 1 aliphatic heterocycles. The summed E-state index contributed by atoms with van der Waals surface area (Å²) in [5.41, 5.74) is 0.313. The Morgan fingerprint density at radius 1 is 1.00 bits per heavy atom. The van der Waals surface area contributed by atoms with Gasteiger partial charge in [-0.15, -0.1) is 0 Å². The maximum absolute atomic E-state index is 13.8. The Morgan fingerprint density at radius 2 is 1.64 bits per heavy atom. The molecule has 0 aliphatic carbocycles. The van der Waals surface area contributed by atoms with Gasteiger partial charge in [0.05, 0.1) is 5.56 Å². The average Bonchev–Trinajstić information content (AvgIpc) is 2.63. The van der Waals surface area contributed by atoms with Gasteiger partial charge in [-0.25, -0.2) is 8.78 Å². The van der Waals surface area contributed by atoms with Gasteiger partial charge in [-0.2, -0.15) is 0 Å². The fraction of sp³-hybridized carbons (Fsp3) is 0.263. The van der Waals surface area contributed by atoms with Crippen LogP contribution in [0, 0.1) is 17.6 Å². The highest BCUT2D eigenvalue weighted by Crippen LogP contribution is 2.24. The lowest BCUT2D eigenvalue weighted by molar-refractivity contribution is 0.0646. The molecule has 0 spiro atoms. The monoisotopic (exact) mass is 363 g/mol. The second-order valence-electron chi connectivity index (χ2n) is 6.06. The zero-order valence-corrected chi connectivity index (χ0v) is 14.1. The van der Waals surface area contributed by atoms with Gasteiger partial charge in [0, 0.05) is 29.6 Å². The Balaban J connectivity index is 1.65. The van der Waals surface area contributed by atoms with Gasteiger partial charge >= 0.3 is 0 Å². The van der Waals surface area contributed by atoms with E-state index in [1.165, 1.54) is 4.90 Å². The van der Waals surface area contributed by atoms with Crippen LogP contribution in [0.1, 0.15) is 33.6 Å². The van der Waals surface area contributed by atoms with Crippen molar-refractivity contribution in [1.82, 2.24) is 4.90 Å². The molecule has 0 atom stereocenters. The van der Waals surface area contributed by atoms with Crippen LogP contribution in [-0.2, 0) is 0 Å². The first-order valence-corrected chi connectivity index (χ1v) is 8.37. The number of rotatable bonds is 3. The number of hydrogen-bond acceptors (Lipinski definition) is 2. The summed E-state index contributed by atoms with van der Waals surface area (Å²) >= 11 is 5.83. The van der Waals surface area contributed by atoms with Gasteiger partial charge in [0.2, 0.25) is 0 Å².